The topological polar surface area (TPSA) is 12.0 Å². The first-order valence-electron chi connectivity index (χ1n) is 9.88. The van der Waals surface area contributed by atoms with Crippen molar-refractivity contribution in [1.82, 2.24) is 5.32 Å². The van der Waals surface area contributed by atoms with Crippen LogP contribution in [-0.2, 0) is 0 Å². The molecule has 0 aliphatic rings. The SMILES string of the molecule is C=C\C=C(C)/C(=C\CNC(=C)c1cccc(C)c1C)C(=C\C)/C=C(/C=C)CC. The molecule has 1 aromatic rings. The van der Waals surface area contributed by atoms with Gasteiger partial charge in [0, 0.05) is 17.8 Å². The lowest BCUT2D eigenvalue weighted by atomic mass is 9.95. The number of nitrogens with one attached hydrogen (secondary N) is 1. The Bertz CT molecular complexity index is 841. The minimum absolute atomic E-state index is 0.699. The van der Waals surface area contributed by atoms with Crippen LogP contribution < -0.4 is 5.32 Å². The number of aryl methyl sites for hydroxylation is 1. The molecule has 0 amide bonds. The highest BCUT2D eigenvalue weighted by Gasteiger charge is 2.07. The molecule has 0 aromatic heterocycles. The Kier molecular flexibility index (Phi) is 9.81. The predicted octanol–water partition coefficient (Wildman–Crippen LogP) is 7.39. The molecule has 0 spiro atoms. The molecular formula is C27H35N. The standard InChI is InChI=1S/C27H35N/c1-9-14-21(6)26(25(12-4)19-24(10-2)11-3)17-18-28-23(8)27-16-13-15-20(5)22(27)7/h9-10,12-17,19,28H,1-2,8,11,18H2,3-7H3/b21-14-,24-19-,25-12-,26-17+. The number of benzene rings is 1. The fourth-order valence-corrected chi connectivity index (χ4v) is 3.04. The summed E-state index contributed by atoms with van der Waals surface area (Å²) in [7, 11) is 0. The summed E-state index contributed by atoms with van der Waals surface area (Å²) >= 11 is 0. The Labute approximate surface area is 172 Å². The average molecular weight is 374 g/mol. The van der Waals surface area contributed by atoms with Crippen molar-refractivity contribution in [2.24, 2.45) is 0 Å². The van der Waals surface area contributed by atoms with Crippen LogP contribution in [0.15, 0.2) is 96.7 Å². The Morgan fingerprint density at radius 2 is 1.89 bits per heavy atom. The van der Waals surface area contributed by atoms with E-state index in [2.05, 4.69) is 96.1 Å². The summed E-state index contributed by atoms with van der Waals surface area (Å²) in [6.45, 7) is 23.3. The quantitative estimate of drug-likeness (QED) is 0.422. The van der Waals surface area contributed by atoms with Gasteiger partial charge in [-0.05, 0) is 67.5 Å². The van der Waals surface area contributed by atoms with Gasteiger partial charge in [-0.3, -0.25) is 0 Å². The van der Waals surface area contributed by atoms with Crippen LogP contribution in [0.3, 0.4) is 0 Å². The van der Waals surface area contributed by atoms with E-state index in [4.69, 9.17) is 0 Å². The summed E-state index contributed by atoms with van der Waals surface area (Å²) in [5.41, 5.74) is 9.43. The fraction of sp³-hybridized carbons (Fsp3) is 0.259. The van der Waals surface area contributed by atoms with E-state index in [9.17, 15) is 0 Å². The molecule has 1 rings (SSSR count). The molecule has 0 heterocycles. The van der Waals surface area contributed by atoms with E-state index in [1.165, 1.54) is 39.0 Å². The Balaban J connectivity index is 3.13. The minimum Gasteiger partial charge on any atom is -0.382 e. The fourth-order valence-electron chi connectivity index (χ4n) is 3.04. The number of hydrogen-bond acceptors (Lipinski definition) is 1. The molecule has 1 aromatic carbocycles. The molecular weight excluding hydrogens is 338 g/mol. The first-order valence-corrected chi connectivity index (χ1v) is 9.88. The van der Waals surface area contributed by atoms with Crippen LogP contribution in [0, 0.1) is 13.8 Å². The van der Waals surface area contributed by atoms with Crippen molar-refractivity contribution in [3.05, 3.63) is 113 Å². The van der Waals surface area contributed by atoms with Gasteiger partial charge in [-0.2, -0.15) is 0 Å². The van der Waals surface area contributed by atoms with Crippen molar-refractivity contribution in [2.45, 2.75) is 41.0 Å². The lowest BCUT2D eigenvalue weighted by Crippen LogP contribution is -2.13. The van der Waals surface area contributed by atoms with Crippen LogP contribution in [0.4, 0.5) is 0 Å². The first kappa shape index (κ1) is 23.2. The van der Waals surface area contributed by atoms with Crippen LogP contribution in [-0.4, -0.2) is 6.54 Å². The molecule has 0 unspecified atom stereocenters. The maximum absolute atomic E-state index is 4.23. The molecule has 1 nitrogen and oxygen atoms in total. The zero-order valence-corrected chi connectivity index (χ0v) is 18.2. The normalized spacial score (nSPS) is 13.3. The highest BCUT2D eigenvalue weighted by molar-refractivity contribution is 5.66. The third-order valence-electron chi connectivity index (χ3n) is 4.98. The summed E-state index contributed by atoms with van der Waals surface area (Å²) in [5.74, 6) is 0. The van der Waals surface area contributed by atoms with Gasteiger partial charge in [-0.15, -0.1) is 0 Å². The van der Waals surface area contributed by atoms with Gasteiger partial charge in [0.15, 0.2) is 0 Å². The van der Waals surface area contributed by atoms with E-state index in [0.29, 0.717) is 6.54 Å². The average Bonchev–Trinajstić information content (AvgIpc) is 2.69. The lowest BCUT2D eigenvalue weighted by molar-refractivity contribution is 0.998. The molecule has 0 radical (unpaired) electrons. The highest BCUT2D eigenvalue weighted by atomic mass is 14.9. The van der Waals surface area contributed by atoms with E-state index in [-0.39, 0.29) is 0 Å². The molecule has 1 heteroatoms. The van der Waals surface area contributed by atoms with Crippen molar-refractivity contribution >= 4 is 5.70 Å². The summed E-state index contributed by atoms with van der Waals surface area (Å²) in [5, 5.41) is 3.46. The monoisotopic (exact) mass is 373 g/mol. The van der Waals surface area contributed by atoms with Crippen molar-refractivity contribution in [2.75, 3.05) is 6.54 Å². The Morgan fingerprint density at radius 3 is 2.46 bits per heavy atom. The van der Waals surface area contributed by atoms with Gasteiger partial charge in [0.05, 0.1) is 0 Å². The molecule has 0 saturated heterocycles. The van der Waals surface area contributed by atoms with Crippen molar-refractivity contribution < 1.29 is 0 Å². The van der Waals surface area contributed by atoms with Gasteiger partial charge in [-0.25, -0.2) is 0 Å². The predicted molar refractivity (Wildman–Crippen MR) is 127 cm³/mol. The molecule has 0 saturated carbocycles. The summed E-state index contributed by atoms with van der Waals surface area (Å²) < 4.78 is 0. The summed E-state index contributed by atoms with van der Waals surface area (Å²) in [6, 6.07) is 6.32. The van der Waals surface area contributed by atoms with Crippen LogP contribution in [0.1, 0.15) is 43.9 Å². The van der Waals surface area contributed by atoms with E-state index in [1.807, 2.05) is 18.2 Å². The second-order valence-corrected chi connectivity index (χ2v) is 6.83. The third-order valence-corrected chi connectivity index (χ3v) is 4.98. The zero-order valence-electron chi connectivity index (χ0n) is 18.2. The van der Waals surface area contributed by atoms with Crippen molar-refractivity contribution in [3.63, 3.8) is 0 Å². The highest BCUT2D eigenvalue weighted by Crippen LogP contribution is 2.23. The van der Waals surface area contributed by atoms with Crippen molar-refractivity contribution in [3.8, 4) is 0 Å². The van der Waals surface area contributed by atoms with Gasteiger partial charge in [0.1, 0.15) is 0 Å². The van der Waals surface area contributed by atoms with Gasteiger partial charge in [0.25, 0.3) is 0 Å². The summed E-state index contributed by atoms with van der Waals surface area (Å²) in [6.07, 6.45) is 13.3. The molecule has 0 atom stereocenters. The van der Waals surface area contributed by atoms with E-state index >= 15 is 0 Å². The van der Waals surface area contributed by atoms with E-state index < -0.39 is 0 Å². The second kappa shape index (κ2) is 11.8. The van der Waals surface area contributed by atoms with Gasteiger partial charge < -0.3 is 5.32 Å². The molecule has 0 bridgehead atoms. The first-order chi connectivity index (χ1) is 13.4. The molecule has 0 aliphatic carbocycles. The number of rotatable bonds is 10. The molecule has 1 N–H and O–H groups in total. The maximum Gasteiger partial charge on any atom is 0.0346 e. The third kappa shape index (κ3) is 6.42. The van der Waals surface area contributed by atoms with Gasteiger partial charge >= 0.3 is 0 Å². The van der Waals surface area contributed by atoms with E-state index in [0.717, 1.165) is 12.1 Å². The second-order valence-electron chi connectivity index (χ2n) is 6.83. The van der Waals surface area contributed by atoms with E-state index in [1.54, 1.807) is 0 Å². The van der Waals surface area contributed by atoms with Crippen LogP contribution in [0.25, 0.3) is 5.70 Å². The summed E-state index contributed by atoms with van der Waals surface area (Å²) in [4.78, 5) is 0. The van der Waals surface area contributed by atoms with Gasteiger partial charge in [0.2, 0.25) is 0 Å². The van der Waals surface area contributed by atoms with Crippen LogP contribution >= 0.6 is 0 Å². The molecule has 148 valence electrons. The largest absolute Gasteiger partial charge is 0.382 e. The molecule has 28 heavy (non-hydrogen) atoms. The lowest BCUT2D eigenvalue weighted by Gasteiger charge is -2.15. The maximum atomic E-state index is 4.23. The van der Waals surface area contributed by atoms with Crippen LogP contribution in [0.5, 0.6) is 0 Å². The van der Waals surface area contributed by atoms with Gasteiger partial charge in [-0.1, -0.05) is 81.3 Å². The van der Waals surface area contributed by atoms with Crippen LogP contribution in [0.2, 0.25) is 0 Å². The minimum atomic E-state index is 0.699. The smallest absolute Gasteiger partial charge is 0.0346 e. The Morgan fingerprint density at radius 1 is 1.18 bits per heavy atom. The zero-order chi connectivity index (χ0) is 21.1. The van der Waals surface area contributed by atoms with Crippen molar-refractivity contribution in [1.29, 1.82) is 0 Å². The Hall–Kier alpha value is -2.80. The number of hydrogen-bond donors (Lipinski definition) is 1. The molecule has 0 fully saturated rings. The molecule has 0 aliphatic heterocycles. The number of allylic oxidation sites excluding steroid dienone is 9.